The quantitative estimate of drug-likeness (QED) is 0.590. The molecule has 0 aliphatic carbocycles. The topological polar surface area (TPSA) is 72.9 Å². The maximum Gasteiger partial charge on any atom is 0.282 e. The molecule has 1 saturated heterocycles. The first-order valence-corrected chi connectivity index (χ1v) is 8.63. The van der Waals surface area contributed by atoms with Crippen LogP contribution in [0.1, 0.15) is 19.8 Å². The Kier molecular flexibility index (Phi) is 7.68. The van der Waals surface area contributed by atoms with Gasteiger partial charge in [-0.2, -0.15) is 17.0 Å². The molecule has 1 aliphatic rings. The molecule has 1 rings (SSSR count). The summed E-state index contributed by atoms with van der Waals surface area (Å²) in [5.41, 5.74) is 0. The van der Waals surface area contributed by atoms with Crippen molar-refractivity contribution >= 4 is 10.2 Å². The van der Waals surface area contributed by atoms with E-state index in [0.29, 0.717) is 19.0 Å². The summed E-state index contributed by atoms with van der Waals surface area (Å²) in [6.45, 7) is 8.65. The van der Waals surface area contributed by atoms with Gasteiger partial charge in [-0.1, -0.05) is 13.0 Å². The molecule has 20 heavy (non-hydrogen) atoms. The molecule has 0 spiro atoms. The Morgan fingerprint density at radius 3 is 2.90 bits per heavy atom. The van der Waals surface area contributed by atoms with Crippen molar-refractivity contribution in [1.82, 2.24) is 13.9 Å². The summed E-state index contributed by atoms with van der Waals surface area (Å²) in [6, 6.07) is 0. The minimum absolute atomic E-state index is 0.114. The lowest BCUT2D eigenvalue weighted by Crippen LogP contribution is -2.50. The molecule has 1 aliphatic heterocycles. The highest BCUT2D eigenvalue weighted by Crippen LogP contribution is 2.20. The van der Waals surface area contributed by atoms with Gasteiger partial charge in [-0.25, -0.2) is 0 Å². The third-order valence-corrected chi connectivity index (χ3v) is 5.47. The smallest absolute Gasteiger partial charge is 0.282 e. The second kappa shape index (κ2) is 8.74. The van der Waals surface area contributed by atoms with Crippen molar-refractivity contribution in [2.75, 3.05) is 45.9 Å². The Bertz CT molecular complexity index is 386. The fourth-order valence-corrected chi connectivity index (χ4v) is 4.16. The predicted molar refractivity (Wildman–Crippen MR) is 80.6 cm³/mol. The van der Waals surface area contributed by atoms with Gasteiger partial charge in [0.25, 0.3) is 10.2 Å². The summed E-state index contributed by atoms with van der Waals surface area (Å²) in [6.07, 6.45) is 3.49. The second-order valence-electron chi connectivity index (χ2n) is 5.05. The van der Waals surface area contributed by atoms with Gasteiger partial charge in [-0.3, -0.25) is 0 Å². The molecule has 2 N–H and O–H groups in total. The minimum atomic E-state index is -3.50. The third kappa shape index (κ3) is 4.82. The van der Waals surface area contributed by atoms with Crippen LogP contribution in [0.3, 0.4) is 0 Å². The van der Waals surface area contributed by atoms with Crippen molar-refractivity contribution in [2.45, 2.75) is 19.8 Å². The first kappa shape index (κ1) is 17.6. The molecule has 0 saturated carbocycles. The average molecular weight is 305 g/mol. The van der Waals surface area contributed by atoms with Gasteiger partial charge in [0.15, 0.2) is 0 Å². The van der Waals surface area contributed by atoms with E-state index in [1.165, 1.54) is 8.61 Å². The maximum absolute atomic E-state index is 12.6. The van der Waals surface area contributed by atoms with Crippen molar-refractivity contribution in [3.05, 3.63) is 12.7 Å². The zero-order valence-electron chi connectivity index (χ0n) is 12.3. The fourth-order valence-electron chi connectivity index (χ4n) is 2.47. The number of rotatable bonds is 9. The van der Waals surface area contributed by atoms with Crippen molar-refractivity contribution < 1.29 is 13.5 Å². The number of nitrogens with one attached hydrogen (secondary N) is 1. The van der Waals surface area contributed by atoms with Gasteiger partial charge in [0.1, 0.15) is 0 Å². The Balaban J connectivity index is 2.71. The normalized spacial score (nSPS) is 21.2. The highest BCUT2D eigenvalue weighted by molar-refractivity contribution is 7.86. The van der Waals surface area contributed by atoms with Crippen molar-refractivity contribution in [1.29, 1.82) is 0 Å². The van der Waals surface area contributed by atoms with E-state index >= 15 is 0 Å². The lowest BCUT2D eigenvalue weighted by atomic mass is 10.00. The van der Waals surface area contributed by atoms with E-state index in [1.807, 2.05) is 6.92 Å². The van der Waals surface area contributed by atoms with Crippen LogP contribution in [0, 0.1) is 5.92 Å². The monoisotopic (exact) mass is 305 g/mol. The molecule has 0 aromatic rings. The SMILES string of the molecule is C=CCN(CCO)S(=O)(=O)N1CCCC(CNCC)C1. The highest BCUT2D eigenvalue weighted by atomic mass is 32.2. The number of aliphatic hydroxyl groups excluding tert-OH is 1. The lowest BCUT2D eigenvalue weighted by molar-refractivity contribution is 0.226. The van der Waals surface area contributed by atoms with Gasteiger partial charge in [0, 0.05) is 26.2 Å². The molecule has 7 heteroatoms. The lowest BCUT2D eigenvalue weighted by Gasteiger charge is -2.35. The summed E-state index contributed by atoms with van der Waals surface area (Å²) in [7, 11) is -3.50. The summed E-state index contributed by atoms with van der Waals surface area (Å²) < 4.78 is 27.9. The van der Waals surface area contributed by atoms with E-state index in [9.17, 15) is 8.42 Å². The minimum Gasteiger partial charge on any atom is -0.395 e. The van der Waals surface area contributed by atoms with Gasteiger partial charge in [-0.15, -0.1) is 6.58 Å². The Morgan fingerprint density at radius 1 is 1.55 bits per heavy atom. The zero-order chi connectivity index (χ0) is 15.0. The van der Waals surface area contributed by atoms with Crippen LogP contribution < -0.4 is 5.32 Å². The largest absolute Gasteiger partial charge is 0.395 e. The third-order valence-electron chi connectivity index (χ3n) is 3.50. The molecule has 1 heterocycles. The van der Waals surface area contributed by atoms with E-state index < -0.39 is 10.2 Å². The Labute approximate surface area is 122 Å². The fraction of sp³-hybridized carbons (Fsp3) is 0.846. The van der Waals surface area contributed by atoms with Crippen LogP contribution in [0.15, 0.2) is 12.7 Å². The predicted octanol–water partition coefficient (Wildman–Crippen LogP) is 0.0330. The van der Waals surface area contributed by atoms with Crippen molar-refractivity contribution in [3.63, 3.8) is 0 Å². The molecule has 1 atom stereocenters. The Hall–Kier alpha value is -0.470. The summed E-state index contributed by atoms with van der Waals surface area (Å²) in [5, 5.41) is 12.3. The number of piperidine rings is 1. The van der Waals surface area contributed by atoms with E-state index in [4.69, 9.17) is 5.11 Å². The molecular formula is C13H27N3O3S. The number of nitrogens with zero attached hydrogens (tertiary/aromatic N) is 2. The van der Waals surface area contributed by atoms with Crippen LogP contribution in [0.5, 0.6) is 0 Å². The van der Waals surface area contributed by atoms with Crippen LogP contribution in [0.4, 0.5) is 0 Å². The summed E-state index contributed by atoms with van der Waals surface area (Å²) in [4.78, 5) is 0. The van der Waals surface area contributed by atoms with Crippen molar-refractivity contribution in [3.8, 4) is 0 Å². The molecule has 1 unspecified atom stereocenters. The van der Waals surface area contributed by atoms with Gasteiger partial charge in [0.2, 0.25) is 0 Å². The number of hydrogen-bond donors (Lipinski definition) is 2. The Morgan fingerprint density at radius 2 is 2.30 bits per heavy atom. The second-order valence-corrected chi connectivity index (χ2v) is 6.98. The van der Waals surface area contributed by atoms with Crippen LogP contribution in [0.2, 0.25) is 0 Å². The van der Waals surface area contributed by atoms with E-state index in [1.54, 1.807) is 6.08 Å². The van der Waals surface area contributed by atoms with Crippen LogP contribution >= 0.6 is 0 Å². The van der Waals surface area contributed by atoms with Crippen molar-refractivity contribution in [2.24, 2.45) is 5.92 Å². The molecule has 0 bridgehead atoms. The first-order valence-electron chi connectivity index (χ1n) is 7.24. The van der Waals surface area contributed by atoms with E-state index in [2.05, 4.69) is 11.9 Å². The molecule has 6 nitrogen and oxygen atoms in total. The van der Waals surface area contributed by atoms with Gasteiger partial charge in [0.05, 0.1) is 6.61 Å². The summed E-state index contributed by atoms with van der Waals surface area (Å²) in [5.74, 6) is 0.359. The molecule has 1 fully saturated rings. The van der Waals surface area contributed by atoms with Gasteiger partial charge >= 0.3 is 0 Å². The number of aliphatic hydroxyl groups is 1. The first-order chi connectivity index (χ1) is 9.56. The van der Waals surface area contributed by atoms with Gasteiger partial charge < -0.3 is 10.4 Å². The van der Waals surface area contributed by atoms with Gasteiger partial charge in [-0.05, 0) is 31.8 Å². The molecule has 0 aromatic heterocycles. The van der Waals surface area contributed by atoms with E-state index in [0.717, 1.165) is 25.9 Å². The standard InChI is InChI=1S/C13H27N3O3S/c1-3-7-15(9-10-17)20(18,19)16-8-5-6-13(12-16)11-14-4-2/h3,13-14,17H,1,4-12H2,2H3. The van der Waals surface area contributed by atoms with Crippen LogP contribution in [-0.4, -0.2) is 68.0 Å². The van der Waals surface area contributed by atoms with Crippen LogP contribution in [0.25, 0.3) is 0 Å². The highest BCUT2D eigenvalue weighted by Gasteiger charge is 2.32. The molecule has 0 amide bonds. The molecule has 0 aromatic carbocycles. The molecule has 118 valence electrons. The molecular weight excluding hydrogens is 278 g/mol. The maximum atomic E-state index is 12.6. The number of hydrogen-bond acceptors (Lipinski definition) is 4. The zero-order valence-corrected chi connectivity index (χ0v) is 13.1. The summed E-state index contributed by atoms with van der Waals surface area (Å²) >= 11 is 0. The van der Waals surface area contributed by atoms with E-state index in [-0.39, 0.29) is 19.7 Å². The van der Waals surface area contributed by atoms with Crippen LogP contribution in [-0.2, 0) is 10.2 Å². The molecule has 0 radical (unpaired) electrons. The average Bonchev–Trinajstić information content (AvgIpc) is 2.45.